The van der Waals surface area contributed by atoms with Crippen LogP contribution in [-0.2, 0) is 0 Å². The van der Waals surface area contributed by atoms with Crippen LogP contribution in [0.5, 0.6) is 0 Å². The number of nitrogens with two attached hydrogens (primary N) is 1. The van der Waals surface area contributed by atoms with E-state index in [2.05, 4.69) is 27.6 Å². The number of nitrogens with zero attached hydrogens (tertiary/aromatic N) is 2. The molecule has 2 N–H and O–H groups in total. The molecule has 3 nitrogen and oxygen atoms in total. The summed E-state index contributed by atoms with van der Waals surface area (Å²) in [6, 6.07) is 0. The first-order valence-electron chi connectivity index (χ1n) is 7.08. The largest absolute Gasteiger partial charge is 0.383 e. The molecule has 98 valence electrons. The van der Waals surface area contributed by atoms with Crippen LogP contribution in [0.3, 0.4) is 0 Å². The Balaban J connectivity index is 1.95. The normalized spacial score (nSPS) is 21.8. The van der Waals surface area contributed by atoms with E-state index in [-0.39, 0.29) is 0 Å². The van der Waals surface area contributed by atoms with Crippen LogP contribution in [0.4, 0.5) is 5.82 Å². The third kappa shape index (κ3) is 2.36. The minimum atomic E-state index is 0.560. The fraction of sp³-hybridized carbons (Fsp3) is 0.714. The van der Waals surface area contributed by atoms with Gasteiger partial charge in [0, 0.05) is 11.8 Å². The first kappa shape index (κ1) is 12.6. The van der Waals surface area contributed by atoms with Gasteiger partial charge in [-0.3, -0.25) is 0 Å². The SMILES string of the molecule is Nc1nc(C2CCCC2)nc(C2CCCC2)c1I. The predicted molar refractivity (Wildman–Crippen MR) is 81.6 cm³/mol. The number of rotatable bonds is 2. The molecule has 1 aromatic heterocycles. The van der Waals surface area contributed by atoms with Gasteiger partial charge in [-0.15, -0.1) is 0 Å². The Labute approximate surface area is 122 Å². The van der Waals surface area contributed by atoms with E-state index in [4.69, 9.17) is 10.7 Å². The van der Waals surface area contributed by atoms with Gasteiger partial charge in [0.25, 0.3) is 0 Å². The molecule has 2 saturated carbocycles. The molecule has 4 heteroatoms. The average Bonchev–Trinajstić information content (AvgIpc) is 3.03. The predicted octanol–water partition coefficient (Wildman–Crippen LogP) is 3.98. The highest BCUT2D eigenvalue weighted by Crippen LogP contribution is 2.39. The molecule has 0 amide bonds. The molecule has 0 spiro atoms. The van der Waals surface area contributed by atoms with Gasteiger partial charge in [0.05, 0.1) is 9.26 Å². The standard InChI is InChI=1S/C14H20IN3/c15-11-12(9-5-1-2-6-9)17-14(18-13(11)16)10-7-3-4-8-10/h9-10H,1-8H2,(H2,16,17,18). The summed E-state index contributed by atoms with van der Waals surface area (Å²) in [5, 5.41) is 0. The molecule has 0 aliphatic heterocycles. The first-order chi connectivity index (χ1) is 8.75. The van der Waals surface area contributed by atoms with E-state index in [0.29, 0.717) is 17.7 Å². The molecular formula is C14H20IN3. The fourth-order valence-electron chi connectivity index (χ4n) is 3.34. The molecule has 0 unspecified atom stereocenters. The molecular weight excluding hydrogens is 337 g/mol. The Bertz CT molecular complexity index is 435. The van der Waals surface area contributed by atoms with E-state index < -0.39 is 0 Å². The Morgan fingerprint density at radius 3 is 2.06 bits per heavy atom. The van der Waals surface area contributed by atoms with Crippen LogP contribution < -0.4 is 5.73 Å². The second-order valence-corrected chi connectivity index (χ2v) is 6.71. The first-order valence-corrected chi connectivity index (χ1v) is 8.16. The fourth-order valence-corrected chi connectivity index (χ4v) is 4.02. The van der Waals surface area contributed by atoms with Gasteiger partial charge in [-0.2, -0.15) is 0 Å². The second-order valence-electron chi connectivity index (χ2n) is 5.63. The van der Waals surface area contributed by atoms with E-state index in [0.717, 1.165) is 9.39 Å². The number of halogens is 1. The zero-order chi connectivity index (χ0) is 12.5. The molecule has 0 bridgehead atoms. The van der Waals surface area contributed by atoms with Crippen LogP contribution >= 0.6 is 22.6 Å². The van der Waals surface area contributed by atoms with Crippen molar-refractivity contribution < 1.29 is 0 Å². The Morgan fingerprint density at radius 1 is 0.889 bits per heavy atom. The van der Waals surface area contributed by atoms with Gasteiger partial charge in [-0.25, -0.2) is 9.97 Å². The number of nitrogen functional groups attached to an aromatic ring is 1. The maximum absolute atomic E-state index is 6.10. The van der Waals surface area contributed by atoms with E-state index in [9.17, 15) is 0 Å². The van der Waals surface area contributed by atoms with Gasteiger partial charge in [-0.05, 0) is 48.3 Å². The van der Waals surface area contributed by atoms with Crippen molar-refractivity contribution in [2.75, 3.05) is 5.73 Å². The molecule has 0 saturated heterocycles. The zero-order valence-corrected chi connectivity index (χ0v) is 12.8. The summed E-state index contributed by atoms with van der Waals surface area (Å²) >= 11 is 2.32. The molecule has 2 aliphatic rings. The van der Waals surface area contributed by atoms with Crippen LogP contribution in [0.2, 0.25) is 0 Å². The molecule has 0 radical (unpaired) electrons. The monoisotopic (exact) mass is 357 g/mol. The van der Waals surface area contributed by atoms with Gasteiger partial charge >= 0.3 is 0 Å². The maximum atomic E-state index is 6.10. The maximum Gasteiger partial charge on any atom is 0.140 e. The highest BCUT2D eigenvalue weighted by molar-refractivity contribution is 14.1. The van der Waals surface area contributed by atoms with Gasteiger partial charge in [-0.1, -0.05) is 25.7 Å². The van der Waals surface area contributed by atoms with Crippen LogP contribution in [0.15, 0.2) is 0 Å². The molecule has 0 atom stereocenters. The summed E-state index contributed by atoms with van der Waals surface area (Å²) in [4.78, 5) is 9.44. The highest BCUT2D eigenvalue weighted by atomic mass is 127. The quantitative estimate of drug-likeness (QED) is 0.815. The Morgan fingerprint density at radius 2 is 1.44 bits per heavy atom. The third-order valence-electron chi connectivity index (χ3n) is 4.38. The zero-order valence-electron chi connectivity index (χ0n) is 10.7. The lowest BCUT2D eigenvalue weighted by molar-refractivity contribution is 0.631. The molecule has 0 aromatic carbocycles. The lowest BCUT2D eigenvalue weighted by atomic mass is 10.0. The molecule has 18 heavy (non-hydrogen) atoms. The number of hydrogen-bond acceptors (Lipinski definition) is 3. The molecule has 1 aromatic rings. The van der Waals surface area contributed by atoms with Crippen LogP contribution in [0.1, 0.15) is 74.7 Å². The topological polar surface area (TPSA) is 51.8 Å². The van der Waals surface area contributed by atoms with Gasteiger partial charge < -0.3 is 5.73 Å². The van der Waals surface area contributed by atoms with E-state index in [1.165, 1.54) is 57.1 Å². The van der Waals surface area contributed by atoms with Gasteiger partial charge in [0.2, 0.25) is 0 Å². The van der Waals surface area contributed by atoms with E-state index in [1.54, 1.807) is 0 Å². The summed E-state index contributed by atoms with van der Waals surface area (Å²) in [6.45, 7) is 0. The summed E-state index contributed by atoms with van der Waals surface area (Å²) in [5.74, 6) is 2.91. The minimum Gasteiger partial charge on any atom is -0.383 e. The van der Waals surface area contributed by atoms with Crippen molar-refractivity contribution in [3.05, 3.63) is 15.1 Å². The third-order valence-corrected chi connectivity index (χ3v) is 5.49. The molecule has 1 heterocycles. The number of aromatic nitrogens is 2. The minimum absolute atomic E-state index is 0.560. The van der Waals surface area contributed by atoms with E-state index >= 15 is 0 Å². The Hall–Kier alpha value is -0.390. The van der Waals surface area contributed by atoms with E-state index in [1.807, 2.05) is 0 Å². The molecule has 2 fully saturated rings. The van der Waals surface area contributed by atoms with Gasteiger partial charge in [0.15, 0.2) is 0 Å². The summed E-state index contributed by atoms with van der Waals surface area (Å²) < 4.78 is 1.10. The number of hydrogen-bond donors (Lipinski definition) is 1. The van der Waals surface area contributed by atoms with Crippen molar-refractivity contribution >= 4 is 28.4 Å². The average molecular weight is 357 g/mol. The summed E-state index contributed by atoms with van der Waals surface area (Å²) in [7, 11) is 0. The van der Waals surface area contributed by atoms with Crippen molar-refractivity contribution in [3.63, 3.8) is 0 Å². The second kappa shape index (κ2) is 5.31. The summed E-state index contributed by atoms with van der Waals surface area (Å²) in [6.07, 6.45) is 10.3. The highest BCUT2D eigenvalue weighted by Gasteiger charge is 2.26. The van der Waals surface area contributed by atoms with Crippen molar-refractivity contribution in [3.8, 4) is 0 Å². The van der Waals surface area contributed by atoms with Crippen molar-refractivity contribution in [1.29, 1.82) is 0 Å². The van der Waals surface area contributed by atoms with Crippen LogP contribution in [-0.4, -0.2) is 9.97 Å². The van der Waals surface area contributed by atoms with Crippen molar-refractivity contribution in [2.45, 2.75) is 63.2 Å². The van der Waals surface area contributed by atoms with Crippen molar-refractivity contribution in [1.82, 2.24) is 9.97 Å². The number of anilines is 1. The molecule has 2 aliphatic carbocycles. The van der Waals surface area contributed by atoms with Crippen LogP contribution in [0, 0.1) is 3.57 Å². The van der Waals surface area contributed by atoms with Gasteiger partial charge in [0.1, 0.15) is 11.6 Å². The smallest absolute Gasteiger partial charge is 0.140 e. The lowest BCUT2D eigenvalue weighted by Crippen LogP contribution is -2.11. The Kier molecular flexibility index (Phi) is 3.73. The van der Waals surface area contributed by atoms with Crippen LogP contribution in [0.25, 0.3) is 0 Å². The lowest BCUT2D eigenvalue weighted by Gasteiger charge is -2.16. The van der Waals surface area contributed by atoms with Crippen molar-refractivity contribution in [2.24, 2.45) is 0 Å². The summed E-state index contributed by atoms with van der Waals surface area (Å²) in [5.41, 5.74) is 7.34. The molecule has 3 rings (SSSR count).